The third-order valence-electron chi connectivity index (χ3n) is 5.92. The molecule has 166 valence electrons. The number of H-pyrrole nitrogens is 2. The lowest BCUT2D eigenvalue weighted by Gasteiger charge is -2.05. The fraction of sp³-hybridized carbons (Fsp3) is 0.391. The van der Waals surface area contributed by atoms with Crippen molar-refractivity contribution in [3.05, 3.63) is 52.3 Å². The molecule has 0 saturated heterocycles. The molecule has 9 heteroatoms. The fourth-order valence-electron chi connectivity index (χ4n) is 4.18. The van der Waals surface area contributed by atoms with Crippen molar-refractivity contribution in [1.82, 2.24) is 25.1 Å². The average Bonchev–Trinajstić information content (AvgIpc) is 3.57. The van der Waals surface area contributed by atoms with E-state index in [-0.39, 0.29) is 5.56 Å². The van der Waals surface area contributed by atoms with Crippen molar-refractivity contribution in [1.29, 1.82) is 0 Å². The number of aromatic amines is 2. The van der Waals surface area contributed by atoms with Gasteiger partial charge in [0, 0.05) is 11.3 Å². The predicted octanol–water partition coefficient (Wildman–Crippen LogP) is 5.19. The smallest absolute Gasteiger partial charge is 0.268 e. The second kappa shape index (κ2) is 9.46. The van der Waals surface area contributed by atoms with Crippen molar-refractivity contribution in [3.8, 4) is 16.2 Å². The molecular formula is C23H25N5O2S2. The van der Waals surface area contributed by atoms with Crippen molar-refractivity contribution in [2.45, 2.75) is 49.4 Å². The number of rotatable bonds is 8. The first-order chi connectivity index (χ1) is 15.7. The molecule has 0 aliphatic heterocycles. The number of ether oxygens (including phenoxy) is 1. The van der Waals surface area contributed by atoms with Crippen LogP contribution in [0.3, 0.4) is 0 Å². The number of hydrogen-bond acceptors (Lipinski definition) is 7. The Morgan fingerprint density at radius 2 is 1.97 bits per heavy atom. The van der Waals surface area contributed by atoms with Crippen LogP contribution in [-0.2, 0) is 12.2 Å². The van der Waals surface area contributed by atoms with Crippen LogP contribution in [0.2, 0.25) is 0 Å². The van der Waals surface area contributed by atoms with E-state index in [1.807, 2.05) is 30.3 Å². The Morgan fingerprint density at radius 1 is 1.16 bits per heavy atom. The Morgan fingerprint density at radius 3 is 2.75 bits per heavy atom. The van der Waals surface area contributed by atoms with Gasteiger partial charge < -0.3 is 9.72 Å². The third-order valence-corrected chi connectivity index (χ3v) is 7.95. The van der Waals surface area contributed by atoms with Crippen LogP contribution in [0, 0.1) is 5.92 Å². The topological polar surface area (TPSA) is 96.6 Å². The van der Waals surface area contributed by atoms with E-state index in [0.29, 0.717) is 27.0 Å². The SMILES string of the molecule is COc1ccc(-c2cc3nc(CSc4n[nH]c(CCC5CCCC5)n4)[nH]c(=O)c3s2)cc1. The van der Waals surface area contributed by atoms with Crippen molar-refractivity contribution >= 4 is 33.3 Å². The van der Waals surface area contributed by atoms with E-state index in [9.17, 15) is 4.79 Å². The van der Waals surface area contributed by atoms with Crippen molar-refractivity contribution in [2.24, 2.45) is 5.92 Å². The van der Waals surface area contributed by atoms with Gasteiger partial charge in [-0.1, -0.05) is 37.4 Å². The second-order valence-electron chi connectivity index (χ2n) is 8.11. The molecule has 0 unspecified atom stereocenters. The van der Waals surface area contributed by atoms with Gasteiger partial charge in [0.2, 0.25) is 5.16 Å². The monoisotopic (exact) mass is 467 g/mol. The Balaban J connectivity index is 1.26. The first-order valence-corrected chi connectivity index (χ1v) is 12.7. The molecule has 3 aromatic heterocycles. The summed E-state index contributed by atoms with van der Waals surface area (Å²) in [5, 5.41) is 8.07. The third kappa shape index (κ3) is 4.73. The van der Waals surface area contributed by atoms with E-state index in [0.717, 1.165) is 34.4 Å². The second-order valence-corrected chi connectivity index (χ2v) is 10.1. The molecule has 7 nitrogen and oxygen atoms in total. The lowest BCUT2D eigenvalue weighted by Crippen LogP contribution is -2.09. The number of hydrogen-bond donors (Lipinski definition) is 2. The van der Waals surface area contributed by atoms with E-state index in [4.69, 9.17) is 4.74 Å². The van der Waals surface area contributed by atoms with Gasteiger partial charge in [-0.05, 0) is 48.2 Å². The number of aromatic nitrogens is 5. The van der Waals surface area contributed by atoms with Crippen molar-refractivity contribution in [2.75, 3.05) is 7.11 Å². The van der Waals surface area contributed by atoms with Crippen molar-refractivity contribution in [3.63, 3.8) is 0 Å². The van der Waals surface area contributed by atoms with Gasteiger partial charge in [-0.2, -0.15) is 0 Å². The number of nitrogens with one attached hydrogen (secondary N) is 2. The fourth-order valence-corrected chi connectivity index (χ4v) is 5.87. The summed E-state index contributed by atoms with van der Waals surface area (Å²) >= 11 is 2.93. The molecule has 0 radical (unpaired) electrons. The van der Waals surface area contributed by atoms with Crippen LogP contribution in [0.4, 0.5) is 0 Å². The zero-order valence-corrected chi connectivity index (χ0v) is 19.5. The molecule has 32 heavy (non-hydrogen) atoms. The minimum Gasteiger partial charge on any atom is -0.497 e. The van der Waals surface area contributed by atoms with E-state index in [1.54, 1.807) is 7.11 Å². The summed E-state index contributed by atoms with van der Waals surface area (Å²) in [7, 11) is 1.65. The number of methoxy groups -OCH3 is 1. The minimum atomic E-state index is -0.109. The molecule has 0 atom stereocenters. The molecule has 0 bridgehead atoms. The lowest BCUT2D eigenvalue weighted by molar-refractivity contribution is 0.415. The summed E-state index contributed by atoms with van der Waals surface area (Å²) in [5.74, 6) is 3.73. The molecule has 1 fully saturated rings. The van der Waals surface area contributed by atoms with Gasteiger partial charge in [0.25, 0.3) is 5.56 Å². The van der Waals surface area contributed by atoms with Crippen LogP contribution in [-0.4, -0.2) is 32.3 Å². The molecule has 3 heterocycles. The van der Waals surface area contributed by atoms with Gasteiger partial charge in [-0.25, -0.2) is 9.97 Å². The average molecular weight is 468 g/mol. The largest absolute Gasteiger partial charge is 0.497 e. The lowest BCUT2D eigenvalue weighted by atomic mass is 10.0. The van der Waals surface area contributed by atoms with Crippen LogP contribution in [0.25, 0.3) is 20.7 Å². The summed E-state index contributed by atoms with van der Waals surface area (Å²) in [6, 6.07) is 9.78. The Kier molecular flexibility index (Phi) is 6.27. The highest BCUT2D eigenvalue weighted by atomic mass is 32.2. The zero-order chi connectivity index (χ0) is 21.9. The quantitative estimate of drug-likeness (QED) is 0.346. The van der Waals surface area contributed by atoms with Gasteiger partial charge in [0.1, 0.15) is 22.1 Å². The highest BCUT2D eigenvalue weighted by molar-refractivity contribution is 7.98. The van der Waals surface area contributed by atoms with Gasteiger partial charge in [-0.15, -0.1) is 16.4 Å². The Labute approximate surface area is 194 Å². The molecule has 1 aliphatic rings. The number of nitrogens with zero attached hydrogens (tertiary/aromatic N) is 3. The van der Waals surface area contributed by atoms with E-state index in [2.05, 4.69) is 25.1 Å². The summed E-state index contributed by atoms with van der Waals surface area (Å²) in [5.41, 5.74) is 1.64. The normalized spacial score (nSPS) is 14.4. The van der Waals surface area contributed by atoms with Gasteiger partial charge in [0.05, 0.1) is 18.4 Å². The summed E-state index contributed by atoms with van der Waals surface area (Å²) in [4.78, 5) is 25.8. The minimum absolute atomic E-state index is 0.109. The van der Waals surface area contributed by atoms with E-state index < -0.39 is 0 Å². The first-order valence-electron chi connectivity index (χ1n) is 10.9. The molecule has 5 rings (SSSR count). The Hall–Kier alpha value is -2.65. The molecule has 4 aromatic rings. The maximum Gasteiger partial charge on any atom is 0.268 e. The summed E-state index contributed by atoms with van der Waals surface area (Å²) < 4.78 is 5.86. The number of aryl methyl sites for hydroxylation is 1. The molecular weight excluding hydrogens is 442 g/mol. The maximum atomic E-state index is 12.6. The zero-order valence-electron chi connectivity index (χ0n) is 17.9. The van der Waals surface area contributed by atoms with Crippen LogP contribution < -0.4 is 10.3 Å². The van der Waals surface area contributed by atoms with Crippen LogP contribution in [0.15, 0.2) is 40.3 Å². The van der Waals surface area contributed by atoms with Gasteiger partial charge in [0.15, 0.2) is 0 Å². The van der Waals surface area contributed by atoms with Crippen LogP contribution >= 0.6 is 23.1 Å². The first kappa shape index (κ1) is 21.2. The van der Waals surface area contributed by atoms with Crippen LogP contribution in [0.5, 0.6) is 5.75 Å². The van der Waals surface area contributed by atoms with E-state index in [1.165, 1.54) is 55.2 Å². The highest BCUT2D eigenvalue weighted by Gasteiger charge is 2.16. The molecule has 0 amide bonds. The van der Waals surface area contributed by atoms with Gasteiger partial charge in [-0.3, -0.25) is 9.89 Å². The molecule has 1 saturated carbocycles. The maximum absolute atomic E-state index is 12.6. The molecule has 2 N–H and O–H groups in total. The standard InChI is InChI=1S/C23H25N5O2S2/c1-30-16-9-7-15(8-10-16)18-12-17-21(32-18)22(29)25-20(24-17)13-31-23-26-19(27-28-23)11-6-14-4-2-3-5-14/h7-10,12,14H,2-6,11,13H2,1H3,(H,24,25,29)(H,26,27,28). The number of fused-ring (bicyclic) bond motifs is 1. The summed E-state index contributed by atoms with van der Waals surface area (Å²) in [6.45, 7) is 0. The molecule has 0 spiro atoms. The van der Waals surface area contributed by atoms with E-state index >= 15 is 0 Å². The number of thioether (sulfide) groups is 1. The highest BCUT2D eigenvalue weighted by Crippen LogP contribution is 2.32. The van der Waals surface area contributed by atoms with Gasteiger partial charge >= 0.3 is 0 Å². The predicted molar refractivity (Wildman–Crippen MR) is 128 cm³/mol. The number of benzene rings is 1. The summed E-state index contributed by atoms with van der Waals surface area (Å²) in [6.07, 6.45) is 7.55. The van der Waals surface area contributed by atoms with Crippen molar-refractivity contribution < 1.29 is 4.74 Å². The number of thiophene rings is 1. The van der Waals surface area contributed by atoms with Crippen LogP contribution in [0.1, 0.15) is 43.8 Å². The molecule has 1 aliphatic carbocycles. The molecule has 1 aromatic carbocycles. The Bertz CT molecular complexity index is 1260.